The van der Waals surface area contributed by atoms with E-state index in [0.29, 0.717) is 6.54 Å². The Bertz CT molecular complexity index is 762. The summed E-state index contributed by atoms with van der Waals surface area (Å²) in [4.78, 5) is 20.4. The molecule has 0 unspecified atom stereocenters. The number of carbonyl (C=O) groups excluding carboxylic acids is 1. The Balaban J connectivity index is 1.56. The van der Waals surface area contributed by atoms with Gasteiger partial charge in [-0.25, -0.2) is 4.68 Å². The Hall–Kier alpha value is -2.83. The van der Waals surface area contributed by atoms with Gasteiger partial charge in [0.1, 0.15) is 0 Å². The molecule has 1 aromatic heterocycles. The molecule has 0 saturated carbocycles. The molecule has 27 heavy (non-hydrogen) atoms. The highest BCUT2D eigenvalue weighted by molar-refractivity contribution is 5.80. The lowest BCUT2D eigenvalue weighted by Gasteiger charge is -2.36. The fourth-order valence-corrected chi connectivity index (χ4v) is 3.16. The highest BCUT2D eigenvalue weighted by atomic mass is 16.2. The van der Waals surface area contributed by atoms with Gasteiger partial charge in [0.2, 0.25) is 5.91 Å². The summed E-state index contributed by atoms with van der Waals surface area (Å²) >= 11 is 0. The molecule has 1 aliphatic heterocycles. The van der Waals surface area contributed by atoms with E-state index in [4.69, 9.17) is 4.99 Å². The van der Waals surface area contributed by atoms with Crippen LogP contribution in [0.25, 0.3) is 5.69 Å². The summed E-state index contributed by atoms with van der Waals surface area (Å²) in [6, 6.07) is 10.1. The van der Waals surface area contributed by atoms with E-state index in [-0.39, 0.29) is 5.91 Å². The maximum atomic E-state index is 11.5. The molecular formula is C20H28N6O. The van der Waals surface area contributed by atoms with Crippen molar-refractivity contribution in [2.75, 3.05) is 39.3 Å². The zero-order valence-corrected chi connectivity index (χ0v) is 16.1. The molecule has 3 rings (SSSR count). The average Bonchev–Trinajstić information content (AvgIpc) is 3.17. The Morgan fingerprint density at radius 1 is 1.15 bits per heavy atom. The molecule has 7 heteroatoms. The van der Waals surface area contributed by atoms with Crippen LogP contribution in [0.15, 0.2) is 47.7 Å². The number of nitrogens with one attached hydrogen (secondary N) is 1. The lowest BCUT2D eigenvalue weighted by molar-refractivity contribution is -0.130. The Kier molecular flexibility index (Phi) is 6.46. The van der Waals surface area contributed by atoms with Gasteiger partial charge in [0.15, 0.2) is 5.96 Å². The zero-order valence-electron chi connectivity index (χ0n) is 16.1. The third-order valence-corrected chi connectivity index (χ3v) is 4.68. The third-order valence-electron chi connectivity index (χ3n) is 4.68. The van der Waals surface area contributed by atoms with Crippen molar-refractivity contribution >= 4 is 11.9 Å². The lowest BCUT2D eigenvalue weighted by Crippen LogP contribution is -2.53. The summed E-state index contributed by atoms with van der Waals surface area (Å²) in [7, 11) is 0. The van der Waals surface area contributed by atoms with Crippen molar-refractivity contribution in [3.05, 3.63) is 48.3 Å². The van der Waals surface area contributed by atoms with Crippen molar-refractivity contribution in [1.29, 1.82) is 0 Å². The standard InChI is InChI=1S/C20H28N6O/c1-3-21-20(25-13-11-24(12-14-25)17(2)27)22-10-9-18-15-23-26(16-18)19-7-5-4-6-8-19/h4-8,15-16H,3,9-14H2,1-2H3,(H,21,22). The largest absolute Gasteiger partial charge is 0.357 e. The fraction of sp³-hybridized carbons (Fsp3) is 0.450. The molecule has 144 valence electrons. The second-order valence-corrected chi connectivity index (χ2v) is 6.61. The maximum absolute atomic E-state index is 11.5. The van der Waals surface area contributed by atoms with E-state index in [1.807, 2.05) is 46.1 Å². The zero-order chi connectivity index (χ0) is 19.1. The first-order chi connectivity index (χ1) is 13.2. The highest BCUT2D eigenvalue weighted by Crippen LogP contribution is 2.08. The van der Waals surface area contributed by atoms with Gasteiger partial charge in [0.25, 0.3) is 0 Å². The van der Waals surface area contributed by atoms with Crippen LogP contribution in [0.5, 0.6) is 0 Å². The van der Waals surface area contributed by atoms with Crippen LogP contribution in [0.3, 0.4) is 0 Å². The van der Waals surface area contributed by atoms with Crippen LogP contribution in [0.2, 0.25) is 0 Å². The van der Waals surface area contributed by atoms with Gasteiger partial charge < -0.3 is 15.1 Å². The first kappa shape index (κ1) is 18.9. The summed E-state index contributed by atoms with van der Waals surface area (Å²) in [6.45, 7) is 8.38. The lowest BCUT2D eigenvalue weighted by atomic mass is 10.2. The quantitative estimate of drug-likeness (QED) is 0.642. The minimum Gasteiger partial charge on any atom is -0.357 e. The number of para-hydroxylation sites is 1. The average molecular weight is 368 g/mol. The number of aromatic nitrogens is 2. The van der Waals surface area contributed by atoms with Gasteiger partial charge in [-0.3, -0.25) is 9.79 Å². The SMILES string of the molecule is CCNC(=NCCc1cnn(-c2ccccc2)c1)N1CCN(C(C)=O)CC1. The normalized spacial score (nSPS) is 15.1. The molecule has 1 saturated heterocycles. The summed E-state index contributed by atoms with van der Waals surface area (Å²) in [5, 5.41) is 7.81. The van der Waals surface area contributed by atoms with E-state index in [0.717, 1.165) is 50.8 Å². The molecule has 1 N–H and O–H groups in total. The van der Waals surface area contributed by atoms with Gasteiger partial charge >= 0.3 is 0 Å². The number of aliphatic imine (C=N–C) groups is 1. The minimum atomic E-state index is 0.145. The number of amides is 1. The summed E-state index contributed by atoms with van der Waals surface area (Å²) < 4.78 is 1.89. The number of rotatable bonds is 5. The molecule has 1 amide bonds. The van der Waals surface area contributed by atoms with E-state index in [2.05, 4.69) is 28.4 Å². The van der Waals surface area contributed by atoms with Gasteiger partial charge in [-0.05, 0) is 31.0 Å². The van der Waals surface area contributed by atoms with Crippen LogP contribution in [0, 0.1) is 0 Å². The van der Waals surface area contributed by atoms with E-state index in [1.54, 1.807) is 6.92 Å². The van der Waals surface area contributed by atoms with Crippen molar-refractivity contribution in [3.8, 4) is 5.69 Å². The van der Waals surface area contributed by atoms with E-state index < -0.39 is 0 Å². The van der Waals surface area contributed by atoms with Crippen molar-refractivity contribution in [2.45, 2.75) is 20.3 Å². The van der Waals surface area contributed by atoms with Crippen molar-refractivity contribution in [1.82, 2.24) is 24.9 Å². The number of guanidine groups is 1. The van der Waals surface area contributed by atoms with E-state index >= 15 is 0 Å². The van der Waals surface area contributed by atoms with Crippen LogP contribution >= 0.6 is 0 Å². The molecule has 7 nitrogen and oxygen atoms in total. The molecule has 0 bridgehead atoms. The topological polar surface area (TPSA) is 65.8 Å². The van der Waals surface area contributed by atoms with Crippen molar-refractivity contribution in [3.63, 3.8) is 0 Å². The van der Waals surface area contributed by atoms with Gasteiger partial charge in [0.05, 0.1) is 11.9 Å². The molecule has 0 spiro atoms. The van der Waals surface area contributed by atoms with E-state index in [9.17, 15) is 4.79 Å². The first-order valence-electron chi connectivity index (χ1n) is 9.55. The summed E-state index contributed by atoms with van der Waals surface area (Å²) in [6.07, 6.45) is 4.81. The Labute approximate surface area is 160 Å². The maximum Gasteiger partial charge on any atom is 0.219 e. The molecule has 1 aliphatic rings. The first-order valence-corrected chi connectivity index (χ1v) is 9.55. The van der Waals surface area contributed by atoms with Gasteiger partial charge in [-0.1, -0.05) is 18.2 Å². The molecule has 2 heterocycles. The highest BCUT2D eigenvalue weighted by Gasteiger charge is 2.20. The molecule has 0 atom stereocenters. The second-order valence-electron chi connectivity index (χ2n) is 6.61. The number of piperazine rings is 1. The van der Waals surface area contributed by atoms with E-state index in [1.165, 1.54) is 5.56 Å². The van der Waals surface area contributed by atoms with Crippen LogP contribution in [-0.4, -0.2) is 70.7 Å². The summed E-state index contributed by atoms with van der Waals surface area (Å²) in [5.74, 6) is 1.07. The molecule has 1 aromatic carbocycles. The third kappa shape index (κ3) is 5.09. The van der Waals surface area contributed by atoms with Crippen molar-refractivity contribution < 1.29 is 4.79 Å². The molecule has 1 fully saturated rings. The Morgan fingerprint density at radius 2 is 1.85 bits per heavy atom. The molecule has 0 aliphatic carbocycles. The number of hydrogen-bond acceptors (Lipinski definition) is 3. The van der Waals surface area contributed by atoms with Crippen molar-refractivity contribution in [2.24, 2.45) is 4.99 Å². The van der Waals surface area contributed by atoms with Gasteiger partial charge in [-0.15, -0.1) is 0 Å². The number of benzene rings is 1. The minimum absolute atomic E-state index is 0.145. The van der Waals surface area contributed by atoms with Gasteiger partial charge in [-0.2, -0.15) is 5.10 Å². The molecular weight excluding hydrogens is 340 g/mol. The monoisotopic (exact) mass is 368 g/mol. The number of nitrogens with zero attached hydrogens (tertiary/aromatic N) is 5. The number of hydrogen-bond donors (Lipinski definition) is 1. The Morgan fingerprint density at radius 3 is 2.52 bits per heavy atom. The fourth-order valence-electron chi connectivity index (χ4n) is 3.16. The van der Waals surface area contributed by atoms with Crippen LogP contribution in [0.4, 0.5) is 0 Å². The van der Waals surface area contributed by atoms with Crippen LogP contribution in [0.1, 0.15) is 19.4 Å². The molecule has 2 aromatic rings. The molecule has 0 radical (unpaired) electrons. The predicted molar refractivity (Wildman–Crippen MR) is 107 cm³/mol. The van der Waals surface area contributed by atoms with Crippen LogP contribution in [-0.2, 0) is 11.2 Å². The smallest absolute Gasteiger partial charge is 0.219 e. The summed E-state index contributed by atoms with van der Waals surface area (Å²) in [5.41, 5.74) is 2.23. The van der Waals surface area contributed by atoms with Crippen LogP contribution < -0.4 is 5.32 Å². The second kappa shape index (κ2) is 9.21. The number of carbonyl (C=O) groups is 1. The van der Waals surface area contributed by atoms with Gasteiger partial charge in [0, 0.05) is 52.4 Å². The predicted octanol–water partition coefficient (Wildman–Crippen LogP) is 1.54.